The predicted molar refractivity (Wildman–Crippen MR) is 63.2 cm³/mol. The normalized spacial score (nSPS) is 10.7. The van der Waals surface area contributed by atoms with Crippen molar-refractivity contribution in [3.8, 4) is 11.8 Å². The van der Waals surface area contributed by atoms with Crippen molar-refractivity contribution >= 4 is 11.6 Å². The van der Waals surface area contributed by atoms with Crippen molar-refractivity contribution < 1.29 is 17.9 Å². The molecule has 1 aromatic carbocycles. The van der Waals surface area contributed by atoms with Gasteiger partial charge in [-0.3, -0.25) is 0 Å². The molecule has 0 aliphatic heterocycles. The highest BCUT2D eigenvalue weighted by Crippen LogP contribution is 2.25. The lowest BCUT2D eigenvalue weighted by molar-refractivity contribution is -0.274. The lowest BCUT2D eigenvalue weighted by atomic mass is 10.3. The fourth-order valence-corrected chi connectivity index (χ4v) is 1.38. The lowest BCUT2D eigenvalue weighted by Crippen LogP contribution is -2.17. The van der Waals surface area contributed by atoms with Crippen molar-refractivity contribution in [1.82, 2.24) is 9.97 Å². The Morgan fingerprint density at radius 3 is 2.75 bits per heavy atom. The summed E-state index contributed by atoms with van der Waals surface area (Å²) in [6.07, 6.45) is -3.39. The highest BCUT2D eigenvalue weighted by Gasteiger charge is 2.31. The first-order chi connectivity index (χ1) is 9.46. The maximum atomic E-state index is 12.1. The second-order valence-electron chi connectivity index (χ2n) is 3.58. The molecule has 8 heteroatoms. The van der Waals surface area contributed by atoms with E-state index in [0.29, 0.717) is 5.69 Å². The van der Waals surface area contributed by atoms with Crippen LogP contribution in [0, 0.1) is 11.3 Å². The van der Waals surface area contributed by atoms with Crippen molar-refractivity contribution in [2.45, 2.75) is 6.36 Å². The number of hydrogen-bond acceptors (Lipinski definition) is 5. The van der Waals surface area contributed by atoms with Gasteiger partial charge in [0, 0.05) is 18.0 Å². The van der Waals surface area contributed by atoms with Crippen LogP contribution in [0.2, 0.25) is 0 Å². The van der Waals surface area contributed by atoms with Gasteiger partial charge in [-0.05, 0) is 18.2 Å². The van der Waals surface area contributed by atoms with Gasteiger partial charge in [0.05, 0.1) is 0 Å². The van der Waals surface area contributed by atoms with Crippen LogP contribution in [0.1, 0.15) is 5.69 Å². The van der Waals surface area contributed by atoms with E-state index in [-0.39, 0.29) is 17.4 Å². The van der Waals surface area contributed by atoms with Gasteiger partial charge in [-0.25, -0.2) is 9.97 Å². The monoisotopic (exact) mass is 280 g/mol. The maximum absolute atomic E-state index is 12.1. The summed E-state index contributed by atoms with van der Waals surface area (Å²) in [6.45, 7) is 0. The molecule has 5 nitrogen and oxygen atoms in total. The molecule has 0 aliphatic rings. The van der Waals surface area contributed by atoms with Crippen LogP contribution in [0.15, 0.2) is 36.5 Å². The fraction of sp³-hybridized carbons (Fsp3) is 0.0833. The molecule has 1 N–H and O–H groups in total. The Morgan fingerprint density at radius 1 is 1.25 bits per heavy atom. The quantitative estimate of drug-likeness (QED) is 0.935. The predicted octanol–water partition coefficient (Wildman–Crippen LogP) is 2.99. The Labute approximate surface area is 111 Å². The highest BCUT2D eigenvalue weighted by atomic mass is 19.4. The first-order valence-corrected chi connectivity index (χ1v) is 5.32. The number of hydrogen-bond donors (Lipinski definition) is 1. The van der Waals surface area contributed by atoms with Gasteiger partial charge in [0.2, 0.25) is 5.95 Å². The van der Waals surface area contributed by atoms with Crippen LogP contribution in [0.25, 0.3) is 0 Å². The van der Waals surface area contributed by atoms with Crippen molar-refractivity contribution in [3.05, 3.63) is 42.2 Å². The van der Waals surface area contributed by atoms with E-state index in [4.69, 9.17) is 5.26 Å². The summed E-state index contributed by atoms with van der Waals surface area (Å²) in [5.41, 5.74) is 0.451. The number of benzene rings is 1. The molecule has 0 spiro atoms. The molecule has 20 heavy (non-hydrogen) atoms. The smallest absolute Gasteiger partial charge is 0.406 e. The Hall–Kier alpha value is -2.82. The number of ether oxygens (including phenoxy) is 1. The van der Waals surface area contributed by atoms with E-state index in [9.17, 15) is 13.2 Å². The van der Waals surface area contributed by atoms with Gasteiger partial charge in [0.15, 0.2) is 0 Å². The van der Waals surface area contributed by atoms with Crippen LogP contribution in [-0.2, 0) is 0 Å². The molecule has 0 amide bonds. The van der Waals surface area contributed by atoms with E-state index in [1.54, 1.807) is 0 Å². The second kappa shape index (κ2) is 5.44. The third-order valence-electron chi connectivity index (χ3n) is 2.09. The van der Waals surface area contributed by atoms with Crippen molar-refractivity contribution in [2.75, 3.05) is 5.32 Å². The topological polar surface area (TPSA) is 70.8 Å². The summed E-state index contributed by atoms with van der Waals surface area (Å²) < 4.78 is 40.1. The molecule has 0 bridgehead atoms. The zero-order valence-corrected chi connectivity index (χ0v) is 9.85. The number of aromatic nitrogens is 2. The molecule has 102 valence electrons. The largest absolute Gasteiger partial charge is 0.573 e. The van der Waals surface area contributed by atoms with Gasteiger partial charge < -0.3 is 10.1 Å². The van der Waals surface area contributed by atoms with Gasteiger partial charge in [-0.1, -0.05) is 6.07 Å². The number of nitrogens with one attached hydrogen (secondary N) is 1. The molecular weight excluding hydrogens is 273 g/mol. The van der Waals surface area contributed by atoms with E-state index in [0.717, 1.165) is 6.07 Å². The minimum atomic E-state index is -4.75. The Bertz CT molecular complexity index is 652. The summed E-state index contributed by atoms with van der Waals surface area (Å²) in [7, 11) is 0. The molecule has 0 atom stereocenters. The Balaban J connectivity index is 2.17. The number of alkyl halides is 3. The molecule has 1 heterocycles. The van der Waals surface area contributed by atoms with Gasteiger partial charge in [0.1, 0.15) is 17.5 Å². The lowest BCUT2D eigenvalue weighted by Gasteiger charge is -2.10. The van der Waals surface area contributed by atoms with Crippen LogP contribution < -0.4 is 10.1 Å². The molecule has 0 fully saturated rings. The molecule has 0 saturated carbocycles. The Morgan fingerprint density at radius 2 is 2.05 bits per heavy atom. The molecule has 0 radical (unpaired) electrons. The van der Waals surface area contributed by atoms with Gasteiger partial charge in [0.25, 0.3) is 0 Å². The van der Waals surface area contributed by atoms with E-state index < -0.39 is 6.36 Å². The SMILES string of the molecule is N#Cc1ccnc(Nc2cccc(OC(F)(F)F)c2)n1. The average molecular weight is 280 g/mol. The Kier molecular flexibility index (Phi) is 3.70. The van der Waals surface area contributed by atoms with Gasteiger partial charge >= 0.3 is 6.36 Å². The van der Waals surface area contributed by atoms with E-state index in [2.05, 4.69) is 20.0 Å². The van der Waals surface area contributed by atoms with Gasteiger partial charge in [-0.2, -0.15) is 5.26 Å². The number of rotatable bonds is 3. The van der Waals surface area contributed by atoms with Crippen LogP contribution in [0.4, 0.5) is 24.8 Å². The summed E-state index contributed by atoms with van der Waals surface area (Å²) in [4.78, 5) is 7.69. The third kappa shape index (κ3) is 3.84. The maximum Gasteiger partial charge on any atom is 0.573 e. The minimum absolute atomic E-state index is 0.105. The zero-order valence-electron chi connectivity index (χ0n) is 9.85. The molecule has 2 aromatic rings. The van der Waals surface area contributed by atoms with E-state index in [1.165, 1.54) is 30.5 Å². The van der Waals surface area contributed by atoms with Crippen LogP contribution >= 0.6 is 0 Å². The summed E-state index contributed by atoms with van der Waals surface area (Å²) >= 11 is 0. The molecule has 0 aliphatic carbocycles. The standard InChI is InChI=1S/C12H7F3N4O/c13-12(14,15)20-10-3-1-2-8(6-10)18-11-17-5-4-9(7-16)19-11/h1-6H,(H,17,18,19). The molecule has 0 unspecified atom stereocenters. The number of nitriles is 1. The van der Waals surface area contributed by atoms with Crippen molar-refractivity contribution in [1.29, 1.82) is 5.26 Å². The van der Waals surface area contributed by atoms with Crippen molar-refractivity contribution in [3.63, 3.8) is 0 Å². The van der Waals surface area contributed by atoms with Crippen LogP contribution in [0.5, 0.6) is 5.75 Å². The number of nitrogens with zero attached hydrogens (tertiary/aromatic N) is 3. The first-order valence-electron chi connectivity index (χ1n) is 5.32. The molecule has 1 aromatic heterocycles. The van der Waals surface area contributed by atoms with E-state index in [1.807, 2.05) is 6.07 Å². The molecular formula is C12H7F3N4O. The fourth-order valence-electron chi connectivity index (χ4n) is 1.38. The van der Waals surface area contributed by atoms with E-state index >= 15 is 0 Å². The average Bonchev–Trinajstić information content (AvgIpc) is 2.37. The second-order valence-corrected chi connectivity index (χ2v) is 3.58. The summed E-state index contributed by atoms with van der Waals surface area (Å²) in [5, 5.41) is 11.4. The molecule has 0 saturated heterocycles. The summed E-state index contributed by atoms with van der Waals surface area (Å²) in [5.74, 6) is -0.257. The first kappa shape index (κ1) is 13.6. The van der Waals surface area contributed by atoms with Crippen LogP contribution in [0.3, 0.4) is 0 Å². The number of anilines is 2. The van der Waals surface area contributed by atoms with Crippen molar-refractivity contribution in [2.24, 2.45) is 0 Å². The third-order valence-corrected chi connectivity index (χ3v) is 2.09. The zero-order chi connectivity index (χ0) is 14.6. The summed E-state index contributed by atoms with van der Waals surface area (Å²) in [6, 6.07) is 8.47. The van der Waals surface area contributed by atoms with Gasteiger partial charge in [-0.15, -0.1) is 13.2 Å². The molecule has 2 rings (SSSR count). The van der Waals surface area contributed by atoms with Crippen LogP contribution in [-0.4, -0.2) is 16.3 Å². The number of halogens is 3. The highest BCUT2D eigenvalue weighted by molar-refractivity contribution is 5.56. The minimum Gasteiger partial charge on any atom is -0.406 e.